The van der Waals surface area contributed by atoms with Gasteiger partial charge in [0.2, 0.25) is 11.7 Å². The molecule has 7 heteroatoms. The molecule has 0 aliphatic carbocycles. The molecule has 26 heavy (non-hydrogen) atoms. The van der Waals surface area contributed by atoms with Crippen molar-refractivity contribution in [2.24, 2.45) is 0 Å². The molecule has 1 aliphatic rings. The molecule has 2 aromatic heterocycles. The number of rotatable bonds is 4. The number of hydrogen-bond donors (Lipinski definition) is 1. The Morgan fingerprint density at radius 1 is 1.00 bits per heavy atom. The summed E-state index contributed by atoms with van der Waals surface area (Å²) in [6, 6.07) is 13.2. The van der Waals surface area contributed by atoms with E-state index >= 15 is 0 Å². The third-order valence-electron chi connectivity index (χ3n) is 4.09. The first kappa shape index (κ1) is 16.3. The van der Waals surface area contributed by atoms with Gasteiger partial charge in [0, 0.05) is 18.7 Å². The van der Waals surface area contributed by atoms with Crippen LogP contribution < -0.4 is 10.2 Å². The molecule has 1 fully saturated rings. The SMILES string of the molecule is O=C(Nc1ccc(N2CCOCC2)nc1)c1cnc(-c2ccccc2)o1. The molecule has 7 nitrogen and oxygen atoms in total. The van der Waals surface area contributed by atoms with Crippen LogP contribution in [0.2, 0.25) is 0 Å². The summed E-state index contributed by atoms with van der Waals surface area (Å²) in [6.45, 7) is 3.04. The summed E-state index contributed by atoms with van der Waals surface area (Å²) in [6.07, 6.45) is 3.06. The van der Waals surface area contributed by atoms with Crippen molar-refractivity contribution < 1.29 is 13.9 Å². The summed E-state index contributed by atoms with van der Waals surface area (Å²) in [5, 5.41) is 2.77. The molecule has 0 bridgehead atoms. The average Bonchev–Trinajstić information content (AvgIpc) is 3.20. The maximum absolute atomic E-state index is 12.3. The van der Waals surface area contributed by atoms with E-state index in [0.29, 0.717) is 24.8 Å². The van der Waals surface area contributed by atoms with E-state index < -0.39 is 0 Å². The monoisotopic (exact) mass is 350 g/mol. The molecule has 1 amide bonds. The lowest BCUT2D eigenvalue weighted by atomic mass is 10.2. The molecule has 132 valence electrons. The number of amides is 1. The van der Waals surface area contributed by atoms with E-state index in [1.54, 1.807) is 6.20 Å². The number of hydrogen-bond acceptors (Lipinski definition) is 6. The number of pyridine rings is 1. The van der Waals surface area contributed by atoms with E-state index in [-0.39, 0.29) is 11.7 Å². The van der Waals surface area contributed by atoms with Gasteiger partial charge >= 0.3 is 0 Å². The normalized spacial score (nSPS) is 14.2. The molecule has 0 atom stereocenters. The van der Waals surface area contributed by atoms with Crippen molar-refractivity contribution in [2.75, 3.05) is 36.5 Å². The second-order valence-electron chi connectivity index (χ2n) is 5.85. The summed E-state index contributed by atoms with van der Waals surface area (Å²) in [5.74, 6) is 1.08. The zero-order chi connectivity index (χ0) is 17.8. The Morgan fingerprint density at radius 3 is 2.54 bits per heavy atom. The van der Waals surface area contributed by atoms with Gasteiger partial charge < -0.3 is 19.4 Å². The second-order valence-corrected chi connectivity index (χ2v) is 5.85. The predicted octanol–water partition coefficient (Wildman–Crippen LogP) is 2.83. The lowest BCUT2D eigenvalue weighted by Gasteiger charge is -2.27. The maximum atomic E-state index is 12.3. The first-order valence-electron chi connectivity index (χ1n) is 8.41. The van der Waals surface area contributed by atoms with Crippen molar-refractivity contribution >= 4 is 17.4 Å². The fraction of sp³-hybridized carbons (Fsp3) is 0.211. The number of nitrogens with one attached hydrogen (secondary N) is 1. The summed E-state index contributed by atoms with van der Waals surface area (Å²) < 4.78 is 10.9. The van der Waals surface area contributed by atoms with E-state index in [4.69, 9.17) is 9.15 Å². The van der Waals surface area contributed by atoms with E-state index in [1.807, 2.05) is 42.5 Å². The Bertz CT molecular complexity index is 871. The molecule has 0 radical (unpaired) electrons. The Hall–Kier alpha value is -3.19. The van der Waals surface area contributed by atoms with Crippen molar-refractivity contribution in [1.29, 1.82) is 0 Å². The van der Waals surface area contributed by atoms with E-state index in [9.17, 15) is 4.79 Å². The van der Waals surface area contributed by atoms with Gasteiger partial charge in [0.25, 0.3) is 5.91 Å². The molecule has 3 aromatic rings. The Kier molecular flexibility index (Phi) is 4.61. The number of aromatic nitrogens is 2. The summed E-state index contributed by atoms with van der Waals surface area (Å²) in [4.78, 5) is 23.1. The van der Waals surface area contributed by atoms with Crippen LogP contribution in [-0.4, -0.2) is 42.2 Å². The summed E-state index contributed by atoms with van der Waals surface area (Å²) in [7, 11) is 0. The highest BCUT2D eigenvalue weighted by Crippen LogP contribution is 2.20. The zero-order valence-corrected chi connectivity index (χ0v) is 14.1. The maximum Gasteiger partial charge on any atom is 0.293 e. The van der Waals surface area contributed by atoms with Crippen molar-refractivity contribution in [3.8, 4) is 11.5 Å². The highest BCUT2D eigenvalue weighted by atomic mass is 16.5. The Labute approximate surface area is 150 Å². The number of morpholine rings is 1. The lowest BCUT2D eigenvalue weighted by Crippen LogP contribution is -2.36. The van der Waals surface area contributed by atoms with Crippen LogP contribution in [0.15, 0.2) is 59.3 Å². The highest BCUT2D eigenvalue weighted by molar-refractivity contribution is 6.02. The quantitative estimate of drug-likeness (QED) is 0.779. The summed E-state index contributed by atoms with van der Waals surface area (Å²) in [5.41, 5.74) is 1.42. The van der Waals surface area contributed by atoms with Gasteiger partial charge in [-0.1, -0.05) is 18.2 Å². The largest absolute Gasteiger partial charge is 0.431 e. The van der Waals surface area contributed by atoms with Gasteiger partial charge in [-0.25, -0.2) is 9.97 Å². The van der Waals surface area contributed by atoms with Gasteiger partial charge in [-0.2, -0.15) is 0 Å². The number of carbonyl (C=O) groups is 1. The van der Waals surface area contributed by atoms with Crippen LogP contribution in [0, 0.1) is 0 Å². The van der Waals surface area contributed by atoms with E-state index in [2.05, 4.69) is 20.2 Å². The van der Waals surface area contributed by atoms with Gasteiger partial charge in [-0.05, 0) is 24.3 Å². The molecule has 4 rings (SSSR count). The molecule has 1 aliphatic heterocycles. The molecule has 0 saturated carbocycles. The van der Waals surface area contributed by atoms with Crippen LogP contribution in [0.4, 0.5) is 11.5 Å². The fourth-order valence-corrected chi connectivity index (χ4v) is 2.73. The molecule has 0 spiro atoms. The molecule has 0 unspecified atom stereocenters. The third kappa shape index (κ3) is 3.57. The number of ether oxygens (including phenoxy) is 1. The van der Waals surface area contributed by atoms with Crippen LogP contribution in [0.1, 0.15) is 10.6 Å². The van der Waals surface area contributed by atoms with Crippen LogP contribution >= 0.6 is 0 Å². The smallest absolute Gasteiger partial charge is 0.293 e. The minimum Gasteiger partial charge on any atom is -0.431 e. The number of nitrogens with zero attached hydrogens (tertiary/aromatic N) is 3. The fourth-order valence-electron chi connectivity index (χ4n) is 2.73. The number of anilines is 2. The first-order valence-corrected chi connectivity index (χ1v) is 8.41. The van der Waals surface area contributed by atoms with Crippen LogP contribution in [0.25, 0.3) is 11.5 Å². The highest BCUT2D eigenvalue weighted by Gasteiger charge is 2.15. The van der Waals surface area contributed by atoms with Gasteiger partial charge in [-0.3, -0.25) is 4.79 Å². The molecule has 1 aromatic carbocycles. The van der Waals surface area contributed by atoms with Gasteiger partial charge in [-0.15, -0.1) is 0 Å². The average molecular weight is 350 g/mol. The van der Waals surface area contributed by atoms with Gasteiger partial charge in [0.05, 0.1) is 31.3 Å². The molecular weight excluding hydrogens is 332 g/mol. The van der Waals surface area contributed by atoms with Crippen LogP contribution in [-0.2, 0) is 4.74 Å². The van der Waals surface area contributed by atoms with Crippen LogP contribution in [0.5, 0.6) is 0 Å². The second kappa shape index (κ2) is 7.37. The summed E-state index contributed by atoms with van der Waals surface area (Å²) >= 11 is 0. The minimum absolute atomic E-state index is 0.154. The van der Waals surface area contributed by atoms with Crippen molar-refractivity contribution in [3.05, 3.63) is 60.6 Å². The number of carbonyl (C=O) groups excluding carboxylic acids is 1. The third-order valence-corrected chi connectivity index (χ3v) is 4.09. The molecule has 1 N–H and O–H groups in total. The Morgan fingerprint density at radius 2 is 1.81 bits per heavy atom. The first-order chi connectivity index (χ1) is 12.8. The van der Waals surface area contributed by atoms with Gasteiger partial charge in [0.1, 0.15) is 5.82 Å². The number of oxazole rings is 1. The zero-order valence-electron chi connectivity index (χ0n) is 14.1. The topological polar surface area (TPSA) is 80.5 Å². The Balaban J connectivity index is 1.42. The van der Waals surface area contributed by atoms with Crippen molar-refractivity contribution in [1.82, 2.24) is 9.97 Å². The predicted molar refractivity (Wildman–Crippen MR) is 97.2 cm³/mol. The van der Waals surface area contributed by atoms with Crippen molar-refractivity contribution in [2.45, 2.75) is 0 Å². The minimum atomic E-state index is -0.361. The van der Waals surface area contributed by atoms with E-state index in [0.717, 1.165) is 24.5 Å². The van der Waals surface area contributed by atoms with Crippen molar-refractivity contribution in [3.63, 3.8) is 0 Å². The van der Waals surface area contributed by atoms with Crippen LogP contribution in [0.3, 0.4) is 0 Å². The number of benzene rings is 1. The molecule has 3 heterocycles. The van der Waals surface area contributed by atoms with E-state index in [1.165, 1.54) is 6.20 Å². The van der Waals surface area contributed by atoms with Gasteiger partial charge in [0.15, 0.2) is 0 Å². The lowest BCUT2D eigenvalue weighted by molar-refractivity contribution is 0.0997. The standard InChI is InChI=1S/C19H18N4O3/c24-18(16-13-21-19(26-16)14-4-2-1-3-5-14)22-15-6-7-17(20-12-15)23-8-10-25-11-9-23/h1-7,12-13H,8-11H2,(H,22,24). The molecular formula is C19H18N4O3. The molecule has 1 saturated heterocycles.